The molecule has 6 heavy (non-hydrogen) atoms. The van der Waals surface area contributed by atoms with Crippen LogP contribution in [0.2, 0.25) is 0 Å². The molecule has 0 heterocycles. The lowest BCUT2D eigenvalue weighted by Crippen LogP contribution is -1.85. The summed E-state index contributed by atoms with van der Waals surface area (Å²) >= 11 is 0. The average molecular weight is 85.1 g/mol. The highest BCUT2D eigenvalue weighted by Gasteiger charge is 1.84. The van der Waals surface area contributed by atoms with Gasteiger partial charge >= 0.3 is 0 Å². The summed E-state index contributed by atoms with van der Waals surface area (Å²) in [4.78, 5) is 10.0. The Hall–Kier alpha value is -0.330. The molecule has 0 unspecified atom stereocenters. The number of rotatable bonds is 2. The Morgan fingerprint density at radius 1 is 1.83 bits per heavy atom. The second kappa shape index (κ2) is 2.88. The van der Waals surface area contributed by atoms with Gasteiger partial charge in [-0.2, -0.15) is 0 Å². The molecule has 0 spiro atoms. The van der Waals surface area contributed by atoms with E-state index in [1.165, 1.54) is 0 Å². The topological polar surface area (TPSA) is 17.1 Å². The van der Waals surface area contributed by atoms with Crippen LogP contribution in [0.5, 0.6) is 0 Å². The van der Waals surface area contributed by atoms with Crippen molar-refractivity contribution in [2.24, 2.45) is 0 Å². The fraction of sp³-hybridized carbons (Fsp3) is 0.600. The molecular formula is C5H9O. The van der Waals surface area contributed by atoms with Crippen LogP contribution in [0.25, 0.3) is 0 Å². The zero-order valence-electron chi connectivity index (χ0n) is 4.19. The molecule has 0 N–H and O–H groups in total. The van der Waals surface area contributed by atoms with Crippen molar-refractivity contribution < 1.29 is 4.79 Å². The van der Waals surface area contributed by atoms with Gasteiger partial charge in [-0.25, -0.2) is 0 Å². The van der Waals surface area contributed by atoms with Gasteiger partial charge in [0, 0.05) is 6.42 Å². The summed E-state index contributed by atoms with van der Waals surface area (Å²) in [7, 11) is 0. The van der Waals surface area contributed by atoms with Crippen LogP contribution in [-0.2, 0) is 4.79 Å². The highest BCUT2D eigenvalue weighted by molar-refractivity contribution is 5.76. The first-order valence-electron chi connectivity index (χ1n) is 2.04. The van der Waals surface area contributed by atoms with Crippen LogP contribution >= 0.6 is 0 Å². The molecule has 0 aliphatic carbocycles. The largest absolute Gasteiger partial charge is 0.300 e. The highest BCUT2D eigenvalue weighted by Crippen LogP contribution is 1.82. The van der Waals surface area contributed by atoms with Crippen LogP contribution in [0.15, 0.2) is 0 Å². The summed E-state index contributed by atoms with van der Waals surface area (Å²) in [6.45, 7) is 3.46. The van der Waals surface area contributed by atoms with Crippen molar-refractivity contribution in [1.82, 2.24) is 0 Å². The Morgan fingerprint density at radius 3 is 2.33 bits per heavy atom. The predicted molar refractivity (Wildman–Crippen MR) is 25.3 cm³/mol. The lowest BCUT2D eigenvalue weighted by Gasteiger charge is -1.80. The molecule has 0 aromatic rings. The molecule has 1 radical (unpaired) electrons. The number of ketones is 1. The molecule has 1 nitrogen and oxygen atoms in total. The van der Waals surface area contributed by atoms with Crippen molar-refractivity contribution in [3.8, 4) is 0 Å². The monoisotopic (exact) mass is 85.1 g/mol. The van der Waals surface area contributed by atoms with Crippen LogP contribution in [0.4, 0.5) is 0 Å². The predicted octanol–water partition coefficient (Wildman–Crippen LogP) is 1.19. The molecule has 0 bridgehead atoms. The molecule has 0 saturated heterocycles. The van der Waals surface area contributed by atoms with Crippen molar-refractivity contribution in [1.29, 1.82) is 0 Å². The molecule has 1 heteroatoms. The minimum absolute atomic E-state index is 0.234. The lowest BCUT2D eigenvalue weighted by molar-refractivity contribution is -0.116. The third-order valence-electron chi connectivity index (χ3n) is 0.492. The minimum atomic E-state index is 0.234. The van der Waals surface area contributed by atoms with Gasteiger partial charge in [0.25, 0.3) is 0 Å². The standard InChI is InChI=1S/C5H9O/c1-3-4-5(2)6/h3H,4H2,1-2H3. The summed E-state index contributed by atoms with van der Waals surface area (Å²) in [6.07, 6.45) is 2.46. The number of hydrogen-bond acceptors (Lipinski definition) is 1. The first-order chi connectivity index (χ1) is 2.77. The quantitative estimate of drug-likeness (QED) is 0.492. The maximum atomic E-state index is 10.0. The van der Waals surface area contributed by atoms with Gasteiger partial charge in [0.15, 0.2) is 0 Å². The van der Waals surface area contributed by atoms with Crippen LogP contribution < -0.4 is 0 Å². The summed E-state index contributed by atoms with van der Waals surface area (Å²) in [5, 5.41) is 0. The van der Waals surface area contributed by atoms with Gasteiger partial charge in [-0.05, 0) is 13.3 Å². The van der Waals surface area contributed by atoms with E-state index in [1.54, 1.807) is 6.92 Å². The Labute approximate surface area is 38.4 Å². The van der Waals surface area contributed by atoms with E-state index in [2.05, 4.69) is 0 Å². The van der Waals surface area contributed by atoms with Crippen molar-refractivity contribution >= 4 is 5.78 Å². The van der Waals surface area contributed by atoms with E-state index in [-0.39, 0.29) is 5.78 Å². The van der Waals surface area contributed by atoms with Crippen LogP contribution in [-0.4, -0.2) is 5.78 Å². The van der Waals surface area contributed by atoms with Gasteiger partial charge in [-0.1, -0.05) is 6.92 Å². The van der Waals surface area contributed by atoms with Crippen molar-refractivity contribution in [2.75, 3.05) is 0 Å². The Morgan fingerprint density at radius 2 is 2.33 bits per heavy atom. The van der Waals surface area contributed by atoms with Crippen LogP contribution in [0.1, 0.15) is 20.3 Å². The van der Waals surface area contributed by atoms with Crippen molar-refractivity contribution in [3.63, 3.8) is 0 Å². The molecule has 0 atom stereocenters. The zero-order valence-corrected chi connectivity index (χ0v) is 4.19. The molecule has 0 aromatic carbocycles. The van der Waals surface area contributed by atoms with Crippen LogP contribution in [0, 0.1) is 6.42 Å². The molecular weight excluding hydrogens is 76.1 g/mol. The number of hydrogen-bond donors (Lipinski definition) is 0. The van der Waals surface area contributed by atoms with E-state index < -0.39 is 0 Å². The molecule has 0 aromatic heterocycles. The second-order valence-electron chi connectivity index (χ2n) is 1.31. The zero-order chi connectivity index (χ0) is 4.99. The van der Waals surface area contributed by atoms with Gasteiger partial charge in [-0.15, -0.1) is 0 Å². The summed E-state index contributed by atoms with van der Waals surface area (Å²) in [6, 6.07) is 0. The molecule has 0 saturated carbocycles. The van der Waals surface area contributed by atoms with Gasteiger partial charge in [-0.3, -0.25) is 0 Å². The number of carbonyl (C=O) groups excluding carboxylic acids is 1. The Bertz CT molecular complexity index is 47.9. The number of Topliss-reactive ketones (excluding diaryl/α,β-unsaturated/α-hetero) is 1. The molecule has 0 amide bonds. The van der Waals surface area contributed by atoms with E-state index in [0.717, 1.165) is 0 Å². The fourth-order valence-electron chi connectivity index (χ4n) is 0.287. The lowest BCUT2D eigenvalue weighted by atomic mass is 10.3. The molecule has 0 aliphatic rings. The smallest absolute Gasteiger partial charge is 0.130 e. The van der Waals surface area contributed by atoms with E-state index in [1.807, 2.05) is 13.3 Å². The Balaban J connectivity index is 2.83. The third-order valence-corrected chi connectivity index (χ3v) is 0.492. The van der Waals surface area contributed by atoms with Gasteiger partial charge in [0.2, 0.25) is 0 Å². The summed E-state index contributed by atoms with van der Waals surface area (Å²) in [5.41, 5.74) is 0. The van der Waals surface area contributed by atoms with E-state index >= 15 is 0 Å². The maximum Gasteiger partial charge on any atom is 0.130 e. The highest BCUT2D eigenvalue weighted by atomic mass is 16.1. The molecule has 0 aliphatic heterocycles. The van der Waals surface area contributed by atoms with E-state index in [4.69, 9.17) is 0 Å². The van der Waals surface area contributed by atoms with Gasteiger partial charge in [0.05, 0.1) is 0 Å². The van der Waals surface area contributed by atoms with Gasteiger partial charge < -0.3 is 4.79 Å². The first-order valence-corrected chi connectivity index (χ1v) is 2.04. The molecule has 0 fully saturated rings. The number of carbonyl (C=O) groups is 1. The van der Waals surface area contributed by atoms with Crippen molar-refractivity contribution in [2.45, 2.75) is 20.3 Å². The molecule has 0 rings (SSSR count). The first kappa shape index (κ1) is 5.67. The summed E-state index contributed by atoms with van der Waals surface area (Å²) < 4.78 is 0. The SMILES string of the molecule is C[CH]CC(C)=O. The Kier molecular flexibility index (Phi) is 2.73. The normalized spacial score (nSPS) is 8.33. The van der Waals surface area contributed by atoms with Crippen molar-refractivity contribution in [3.05, 3.63) is 6.42 Å². The minimum Gasteiger partial charge on any atom is -0.300 e. The average Bonchev–Trinajstić information content (AvgIpc) is 1.35. The maximum absolute atomic E-state index is 10.0. The fourth-order valence-corrected chi connectivity index (χ4v) is 0.287. The second-order valence-corrected chi connectivity index (χ2v) is 1.31. The van der Waals surface area contributed by atoms with Gasteiger partial charge in [0.1, 0.15) is 5.78 Å². The van der Waals surface area contributed by atoms with Crippen LogP contribution in [0.3, 0.4) is 0 Å². The summed E-state index contributed by atoms with van der Waals surface area (Å²) in [5.74, 6) is 0.234. The van der Waals surface area contributed by atoms with E-state index in [9.17, 15) is 4.79 Å². The molecule has 35 valence electrons. The third kappa shape index (κ3) is 3.67. The van der Waals surface area contributed by atoms with E-state index in [0.29, 0.717) is 6.42 Å².